The molecule has 0 bridgehead atoms. The Morgan fingerprint density at radius 3 is 0.736 bits per heavy atom. The standard InChI is InChI=1S/C62H36N2O.C62H36N2/c1-3-17-45-41(13-1)43-15-5-7-19-47(43)55-33-39(29-31-50(45)55)53-35-57-54(37-25-27-38(28-26-37)62-64-58-23-11-12-24-60(58)65-62)36-59(63-61(57)52-22-10-9-21-49(52)53)40-30-32-51-46-18-4-2-14-42(46)44-16-6-8-20-48(44)56(51)34-40;63-37-38-21-23-39(24-22-38)40-25-27-41(28-26-40)57-36-61(43-30-32-54-49-16-4-2-12-45(49)47-14-6-8-18-51(47)59(54)34-43)64-62-55-20-10-9-19-52(55)56(35-60(57)62)42-29-31-53-48-15-3-1-11-44(48)46-13-5-7-17-50(46)58(53)33-42/h1-36H;1-36H. The Bertz CT molecular complexity index is 9340. The lowest BCUT2D eigenvalue weighted by Crippen LogP contribution is -1.94. The van der Waals surface area contributed by atoms with Crippen LogP contribution in [0.3, 0.4) is 0 Å². The van der Waals surface area contributed by atoms with E-state index in [1.54, 1.807) is 0 Å². The number of fused-ring (bicyclic) bond motifs is 31. The third kappa shape index (κ3) is 11.9. The molecule has 27 rings (SSSR count). The molecule has 0 aliphatic heterocycles. The van der Waals surface area contributed by atoms with Crippen LogP contribution in [0, 0.1) is 11.3 Å². The SMILES string of the molecule is N#Cc1ccc(-c2ccc(-c3cc(-c4ccc5c6ccccc6c6ccccc6c5c4)nc4c3cc(-c3ccc5c6ccccc6c6ccccc6c5c3)c3ccccc34)cc2)cc1.c1ccc2oc(-c3ccc(-c4cc(-c5ccc6c7ccccc7c7ccccc7c6c5)nc5c4cc(-c4ccc6c7ccccc7c7ccccc7c6c4)c4ccccc45)cc3)nc2c1. The lowest BCUT2D eigenvalue weighted by molar-refractivity contribution is 0.620. The Balaban J connectivity index is 0.000000136. The van der Waals surface area contributed by atoms with Crippen LogP contribution < -0.4 is 0 Å². The largest absolute Gasteiger partial charge is 0.436 e. The van der Waals surface area contributed by atoms with Gasteiger partial charge in [0.2, 0.25) is 5.89 Å². The second-order valence-electron chi connectivity index (χ2n) is 34.1. The minimum absolute atomic E-state index is 0.610. The molecule has 0 saturated carbocycles. The molecule has 0 fully saturated rings. The van der Waals surface area contributed by atoms with Gasteiger partial charge in [-0.3, -0.25) is 0 Å². The number of pyridine rings is 2. The van der Waals surface area contributed by atoms with E-state index in [0.29, 0.717) is 11.5 Å². The molecule has 0 amide bonds. The van der Waals surface area contributed by atoms with Gasteiger partial charge < -0.3 is 4.42 Å². The summed E-state index contributed by atoms with van der Waals surface area (Å²) in [6, 6.07) is 160. The summed E-state index contributed by atoms with van der Waals surface area (Å²) in [4.78, 5) is 16.1. The summed E-state index contributed by atoms with van der Waals surface area (Å²) < 4.78 is 6.21. The number of rotatable bonds is 8. The summed E-state index contributed by atoms with van der Waals surface area (Å²) in [5.41, 5.74) is 20.5. The zero-order chi connectivity index (χ0) is 84.9. The molecule has 0 N–H and O–H groups in total. The van der Waals surface area contributed by atoms with Gasteiger partial charge in [-0.05, 0) is 281 Å². The third-order valence-corrected chi connectivity index (χ3v) is 27.1. The predicted molar refractivity (Wildman–Crippen MR) is 544 cm³/mol. The molecule has 5 nitrogen and oxygen atoms in total. The second kappa shape index (κ2) is 29.4. The number of para-hydroxylation sites is 2. The average Bonchev–Trinajstić information content (AvgIpc) is 0.824. The number of aromatic nitrogens is 3. The fourth-order valence-electron chi connectivity index (χ4n) is 21.0. The number of hydrogen-bond acceptors (Lipinski definition) is 5. The van der Waals surface area contributed by atoms with Gasteiger partial charge in [-0.25, -0.2) is 15.0 Å². The van der Waals surface area contributed by atoms with E-state index in [9.17, 15) is 5.26 Å². The van der Waals surface area contributed by atoms with Crippen LogP contribution in [0.2, 0.25) is 0 Å². The summed E-state index contributed by atoms with van der Waals surface area (Å²) >= 11 is 0. The Morgan fingerprint density at radius 1 is 0.171 bits per heavy atom. The van der Waals surface area contributed by atoms with E-state index in [1.807, 2.05) is 48.5 Å². The topological polar surface area (TPSA) is 75.6 Å². The van der Waals surface area contributed by atoms with E-state index in [1.165, 1.54) is 162 Å². The normalized spacial score (nSPS) is 11.9. The molecule has 5 heteroatoms. The summed E-state index contributed by atoms with van der Waals surface area (Å²) in [5.74, 6) is 0.610. The zero-order valence-corrected chi connectivity index (χ0v) is 69.8. The van der Waals surface area contributed by atoms with Crippen molar-refractivity contribution in [3.63, 3.8) is 0 Å². The van der Waals surface area contributed by atoms with Crippen molar-refractivity contribution < 1.29 is 4.42 Å². The average molecular weight is 1630 g/mol. The van der Waals surface area contributed by atoms with Gasteiger partial charge in [0.25, 0.3) is 0 Å². The number of benzene rings is 24. The first-order valence-corrected chi connectivity index (χ1v) is 44.0. The predicted octanol–water partition coefficient (Wildman–Crippen LogP) is 34.0. The van der Waals surface area contributed by atoms with E-state index in [0.717, 1.165) is 105 Å². The molecule has 0 radical (unpaired) electrons. The van der Waals surface area contributed by atoms with Gasteiger partial charge in [-0.15, -0.1) is 0 Å². The van der Waals surface area contributed by atoms with E-state index in [4.69, 9.17) is 19.4 Å². The molecule has 0 atom stereocenters. The molecular formula is C124H72N4O. The Labute approximate surface area is 741 Å². The first-order chi connectivity index (χ1) is 63.9. The second-order valence-corrected chi connectivity index (χ2v) is 34.1. The summed E-state index contributed by atoms with van der Waals surface area (Å²) in [6.07, 6.45) is 0. The molecule has 3 heterocycles. The van der Waals surface area contributed by atoms with E-state index < -0.39 is 0 Å². The van der Waals surface area contributed by atoms with Crippen LogP contribution in [-0.4, -0.2) is 15.0 Å². The van der Waals surface area contributed by atoms with Gasteiger partial charge in [-0.1, -0.05) is 352 Å². The van der Waals surface area contributed by atoms with Gasteiger partial charge in [0.05, 0.1) is 34.1 Å². The van der Waals surface area contributed by atoms with Crippen molar-refractivity contribution in [1.29, 1.82) is 5.26 Å². The lowest BCUT2D eigenvalue weighted by atomic mass is 9.88. The van der Waals surface area contributed by atoms with Gasteiger partial charge in [0, 0.05) is 38.2 Å². The van der Waals surface area contributed by atoms with Crippen molar-refractivity contribution in [3.05, 3.63) is 442 Å². The number of nitriles is 1. The van der Waals surface area contributed by atoms with Crippen LogP contribution in [0.4, 0.5) is 0 Å². The fraction of sp³-hybridized carbons (Fsp3) is 0. The summed E-state index contributed by atoms with van der Waals surface area (Å²) in [5, 5.41) is 46.3. The minimum atomic E-state index is 0.610. The van der Waals surface area contributed by atoms with Crippen molar-refractivity contribution >= 4 is 184 Å². The molecule has 0 aliphatic rings. The highest BCUT2D eigenvalue weighted by molar-refractivity contribution is 6.31. The Kier molecular flexibility index (Phi) is 16.7. The van der Waals surface area contributed by atoms with Crippen molar-refractivity contribution in [2.24, 2.45) is 0 Å². The highest BCUT2D eigenvalue weighted by atomic mass is 16.3. The molecule has 0 spiro atoms. The lowest BCUT2D eigenvalue weighted by Gasteiger charge is -2.17. The molecular weight excluding hydrogens is 1560 g/mol. The number of hydrogen-bond donors (Lipinski definition) is 0. The monoisotopic (exact) mass is 1630 g/mol. The molecule has 24 aromatic carbocycles. The van der Waals surface area contributed by atoms with Crippen molar-refractivity contribution in [2.45, 2.75) is 0 Å². The maximum atomic E-state index is 9.42. The minimum Gasteiger partial charge on any atom is -0.436 e. The van der Waals surface area contributed by atoms with Crippen molar-refractivity contribution in [2.75, 3.05) is 0 Å². The van der Waals surface area contributed by atoms with Gasteiger partial charge in [-0.2, -0.15) is 5.26 Å². The van der Waals surface area contributed by atoms with Crippen LogP contribution in [0.15, 0.2) is 441 Å². The maximum Gasteiger partial charge on any atom is 0.227 e. The highest BCUT2D eigenvalue weighted by Crippen LogP contribution is 2.49. The molecule has 594 valence electrons. The van der Waals surface area contributed by atoms with Crippen LogP contribution in [0.5, 0.6) is 0 Å². The van der Waals surface area contributed by atoms with Gasteiger partial charge in [0.1, 0.15) is 5.52 Å². The molecule has 0 unspecified atom stereocenters. The van der Waals surface area contributed by atoms with Crippen LogP contribution in [0.1, 0.15) is 5.56 Å². The van der Waals surface area contributed by atoms with Crippen molar-refractivity contribution in [3.8, 4) is 95.7 Å². The molecule has 27 aromatic rings. The maximum absolute atomic E-state index is 9.42. The van der Waals surface area contributed by atoms with Crippen molar-refractivity contribution in [1.82, 2.24) is 15.0 Å². The van der Waals surface area contributed by atoms with Crippen LogP contribution in [-0.2, 0) is 0 Å². The number of oxazole rings is 1. The summed E-state index contributed by atoms with van der Waals surface area (Å²) in [7, 11) is 0. The zero-order valence-electron chi connectivity index (χ0n) is 69.8. The van der Waals surface area contributed by atoms with Gasteiger partial charge in [0.15, 0.2) is 5.58 Å². The molecule has 0 aliphatic carbocycles. The number of nitrogens with zero attached hydrogens (tertiary/aromatic N) is 4. The van der Waals surface area contributed by atoms with Crippen LogP contribution in [0.25, 0.3) is 273 Å². The van der Waals surface area contributed by atoms with Crippen LogP contribution >= 0.6 is 0 Å². The molecule has 0 saturated heterocycles. The Hall–Kier alpha value is -17.3. The Morgan fingerprint density at radius 2 is 0.411 bits per heavy atom. The van der Waals surface area contributed by atoms with E-state index >= 15 is 0 Å². The summed E-state index contributed by atoms with van der Waals surface area (Å²) in [6.45, 7) is 0. The highest BCUT2D eigenvalue weighted by Gasteiger charge is 2.24. The first-order valence-electron chi connectivity index (χ1n) is 44.0. The quantitative estimate of drug-likeness (QED) is 0.142. The van der Waals surface area contributed by atoms with Gasteiger partial charge >= 0.3 is 0 Å². The first kappa shape index (κ1) is 73.3. The smallest absolute Gasteiger partial charge is 0.227 e. The van der Waals surface area contributed by atoms with E-state index in [2.05, 4.69) is 394 Å². The molecule has 129 heavy (non-hydrogen) atoms. The van der Waals surface area contributed by atoms with E-state index in [-0.39, 0.29) is 0 Å². The fourth-order valence-corrected chi connectivity index (χ4v) is 21.0. The third-order valence-electron chi connectivity index (χ3n) is 27.1. The molecule has 3 aromatic heterocycles.